The first-order valence-corrected chi connectivity index (χ1v) is 14.3. The molecular formula is C31H22ClNO4S2. The second-order valence-electron chi connectivity index (χ2n) is 8.72. The van der Waals surface area contributed by atoms with Crippen molar-refractivity contribution in [2.24, 2.45) is 5.16 Å². The Morgan fingerprint density at radius 2 is 1.46 bits per heavy atom. The van der Waals surface area contributed by atoms with Crippen molar-refractivity contribution in [1.82, 2.24) is 0 Å². The quantitative estimate of drug-likeness (QED) is 0.0586. The topological polar surface area (TPSA) is 72.8 Å². The zero-order chi connectivity index (χ0) is 27.4. The van der Waals surface area contributed by atoms with Crippen molar-refractivity contribution in [3.05, 3.63) is 113 Å². The van der Waals surface area contributed by atoms with Crippen LogP contribution in [0.3, 0.4) is 0 Å². The third-order valence-electron chi connectivity index (χ3n) is 6.00. The molecule has 0 unspecified atom stereocenters. The molecule has 0 bridgehead atoms. The number of hydrogen-bond donors (Lipinski definition) is 0. The predicted octanol–water partition coefficient (Wildman–Crippen LogP) is 8.22. The minimum Gasteiger partial charge on any atom is -0.318 e. The number of ketones is 2. The van der Waals surface area contributed by atoms with E-state index in [0.29, 0.717) is 33.9 Å². The van der Waals surface area contributed by atoms with E-state index in [-0.39, 0.29) is 17.3 Å². The molecule has 0 saturated heterocycles. The van der Waals surface area contributed by atoms with Crippen LogP contribution in [0.5, 0.6) is 0 Å². The summed E-state index contributed by atoms with van der Waals surface area (Å²) < 4.78 is 2.02. The van der Waals surface area contributed by atoms with Crippen LogP contribution in [0.25, 0.3) is 20.2 Å². The number of nitrogens with zero attached hydrogens (tertiary/aromatic N) is 1. The van der Waals surface area contributed by atoms with Gasteiger partial charge in [-0.3, -0.25) is 9.59 Å². The molecule has 1 heterocycles. The van der Waals surface area contributed by atoms with Gasteiger partial charge < -0.3 is 4.84 Å². The van der Waals surface area contributed by atoms with E-state index in [2.05, 4.69) is 5.16 Å². The molecular weight excluding hydrogens is 550 g/mol. The molecule has 1 aromatic heterocycles. The summed E-state index contributed by atoms with van der Waals surface area (Å²) in [5.74, 6) is -0.411. The summed E-state index contributed by atoms with van der Waals surface area (Å²) in [4.78, 5) is 43.8. The van der Waals surface area contributed by atoms with Gasteiger partial charge >= 0.3 is 5.97 Å². The van der Waals surface area contributed by atoms with E-state index in [1.54, 1.807) is 41.3 Å². The van der Waals surface area contributed by atoms with Gasteiger partial charge in [0.25, 0.3) is 0 Å². The van der Waals surface area contributed by atoms with Gasteiger partial charge in [-0.1, -0.05) is 47.1 Å². The van der Waals surface area contributed by atoms with Crippen molar-refractivity contribution >= 4 is 78.1 Å². The number of thiophene rings is 1. The molecule has 0 atom stereocenters. The van der Waals surface area contributed by atoms with Crippen LogP contribution >= 0.6 is 34.7 Å². The highest BCUT2D eigenvalue weighted by molar-refractivity contribution is 7.99. The average Bonchev–Trinajstić information content (AvgIpc) is 3.32. The van der Waals surface area contributed by atoms with E-state index < -0.39 is 5.97 Å². The Morgan fingerprint density at radius 1 is 0.821 bits per heavy atom. The first-order chi connectivity index (χ1) is 18.9. The van der Waals surface area contributed by atoms with Crippen molar-refractivity contribution in [3.63, 3.8) is 0 Å². The number of Topliss-reactive ketones (excluding diaryl/α,β-unsaturated/α-hetero) is 1. The fraction of sp³-hybridized carbons (Fsp3) is 0.0968. The van der Waals surface area contributed by atoms with Gasteiger partial charge in [-0.2, -0.15) is 0 Å². The highest BCUT2D eigenvalue weighted by Crippen LogP contribution is 2.35. The van der Waals surface area contributed by atoms with Crippen LogP contribution in [0.4, 0.5) is 0 Å². The molecule has 0 saturated carbocycles. The van der Waals surface area contributed by atoms with E-state index in [1.165, 1.54) is 6.92 Å². The average molecular weight is 572 g/mol. The van der Waals surface area contributed by atoms with Crippen LogP contribution < -0.4 is 0 Å². The minimum absolute atomic E-state index is 0.0573. The number of halogens is 1. The number of rotatable bonds is 9. The van der Waals surface area contributed by atoms with Gasteiger partial charge in [0.15, 0.2) is 5.78 Å². The number of carbonyl (C=O) groups is 3. The van der Waals surface area contributed by atoms with Crippen molar-refractivity contribution in [2.45, 2.75) is 18.2 Å². The van der Waals surface area contributed by atoms with Crippen LogP contribution in [0.15, 0.2) is 101 Å². The zero-order valence-electron chi connectivity index (χ0n) is 20.8. The maximum absolute atomic E-state index is 13.5. The largest absolute Gasteiger partial charge is 0.331 e. The molecule has 0 aliphatic heterocycles. The fourth-order valence-corrected chi connectivity index (χ4v) is 6.15. The summed E-state index contributed by atoms with van der Waals surface area (Å²) >= 11 is 9.11. The molecule has 0 spiro atoms. The lowest BCUT2D eigenvalue weighted by atomic mass is 9.99. The molecule has 0 radical (unpaired) electrons. The maximum Gasteiger partial charge on any atom is 0.331 e. The van der Waals surface area contributed by atoms with Gasteiger partial charge in [0, 0.05) is 65.9 Å². The van der Waals surface area contributed by atoms with E-state index in [1.807, 2.05) is 72.8 Å². The number of thioether (sulfide) groups is 1. The normalized spacial score (nSPS) is 11.6. The van der Waals surface area contributed by atoms with Crippen LogP contribution in [0.1, 0.15) is 39.6 Å². The summed E-state index contributed by atoms with van der Waals surface area (Å²) in [7, 11) is 0. The molecule has 5 rings (SSSR count). The monoisotopic (exact) mass is 571 g/mol. The van der Waals surface area contributed by atoms with Crippen LogP contribution in [0.2, 0.25) is 5.02 Å². The molecule has 0 N–H and O–H groups in total. The second-order valence-corrected chi connectivity index (χ2v) is 11.4. The van der Waals surface area contributed by atoms with E-state index in [4.69, 9.17) is 16.4 Å². The lowest BCUT2D eigenvalue weighted by Crippen LogP contribution is -2.16. The summed E-state index contributed by atoms with van der Waals surface area (Å²) in [6, 6.07) is 27.7. The maximum atomic E-state index is 13.5. The lowest BCUT2D eigenvalue weighted by molar-refractivity contribution is -0.140. The Balaban J connectivity index is 1.43. The van der Waals surface area contributed by atoms with Gasteiger partial charge in [-0.25, -0.2) is 4.79 Å². The summed E-state index contributed by atoms with van der Waals surface area (Å²) in [6.45, 7) is 1.24. The Hall–Kier alpha value is -3.78. The number of hydrogen-bond acceptors (Lipinski definition) is 7. The number of benzene rings is 4. The van der Waals surface area contributed by atoms with E-state index >= 15 is 0 Å². The SMILES string of the molecule is CC(=O)ON=C(CCSc1ccc(Cl)cc1)C(=O)c1ccc2sc3ccc(C(=O)c4ccccc4)cc3c2c1. The number of oxime groups is 1. The summed E-state index contributed by atoms with van der Waals surface area (Å²) in [6.07, 6.45) is 0.303. The van der Waals surface area contributed by atoms with Gasteiger partial charge in [0.2, 0.25) is 5.78 Å². The fourth-order valence-electron chi connectivity index (χ4n) is 4.10. The number of fused-ring (bicyclic) bond motifs is 3. The highest BCUT2D eigenvalue weighted by atomic mass is 35.5. The molecule has 0 aliphatic carbocycles. The predicted molar refractivity (Wildman–Crippen MR) is 160 cm³/mol. The Kier molecular flexibility index (Phi) is 8.21. The molecule has 4 aromatic carbocycles. The van der Waals surface area contributed by atoms with E-state index in [0.717, 1.165) is 25.1 Å². The summed E-state index contributed by atoms with van der Waals surface area (Å²) in [5, 5.41) is 6.33. The van der Waals surface area contributed by atoms with Crippen LogP contribution in [-0.2, 0) is 9.63 Å². The minimum atomic E-state index is -0.597. The molecule has 0 aliphatic rings. The van der Waals surface area contributed by atoms with Crippen molar-refractivity contribution in [2.75, 3.05) is 5.75 Å². The third-order valence-corrected chi connectivity index (χ3v) is 8.41. The summed E-state index contributed by atoms with van der Waals surface area (Å²) in [5.41, 5.74) is 1.80. The first-order valence-electron chi connectivity index (χ1n) is 12.1. The van der Waals surface area contributed by atoms with Crippen LogP contribution in [0, 0.1) is 0 Å². The molecule has 0 amide bonds. The lowest BCUT2D eigenvalue weighted by Gasteiger charge is -2.07. The van der Waals surface area contributed by atoms with Gasteiger partial charge in [-0.05, 0) is 60.7 Å². The Morgan fingerprint density at radius 3 is 2.13 bits per heavy atom. The third kappa shape index (κ3) is 6.28. The van der Waals surface area contributed by atoms with Gasteiger partial charge in [0.1, 0.15) is 5.71 Å². The molecule has 5 nitrogen and oxygen atoms in total. The van der Waals surface area contributed by atoms with Gasteiger partial charge in [-0.15, -0.1) is 23.1 Å². The first kappa shape index (κ1) is 26.8. The molecule has 39 heavy (non-hydrogen) atoms. The van der Waals surface area contributed by atoms with Crippen molar-refractivity contribution in [3.8, 4) is 0 Å². The zero-order valence-corrected chi connectivity index (χ0v) is 23.2. The standard InChI is InChI=1S/C31H22ClNO4S2/c1-19(34)37-33-27(15-16-38-24-11-9-23(32)10-12-24)31(36)22-8-14-29-26(18-22)25-17-21(7-13-28(25)39-29)30(35)20-5-3-2-4-6-20/h2-14,17-18H,15-16H2,1H3. The van der Waals surface area contributed by atoms with Crippen molar-refractivity contribution in [1.29, 1.82) is 0 Å². The van der Waals surface area contributed by atoms with Crippen LogP contribution in [-0.4, -0.2) is 29.0 Å². The smallest absolute Gasteiger partial charge is 0.318 e. The molecule has 0 fully saturated rings. The Bertz CT molecular complexity index is 1730. The number of carbonyl (C=O) groups excluding carboxylic acids is 3. The van der Waals surface area contributed by atoms with Gasteiger partial charge in [0.05, 0.1) is 0 Å². The Labute approximate surface area is 238 Å². The molecule has 8 heteroatoms. The highest BCUT2D eigenvalue weighted by Gasteiger charge is 2.18. The second kappa shape index (κ2) is 11.9. The van der Waals surface area contributed by atoms with E-state index in [9.17, 15) is 14.4 Å². The van der Waals surface area contributed by atoms with Crippen molar-refractivity contribution < 1.29 is 19.2 Å². The molecule has 5 aromatic rings. The molecule has 194 valence electrons.